The lowest BCUT2D eigenvalue weighted by molar-refractivity contribution is 0.0773. The van der Waals surface area contributed by atoms with E-state index in [0.717, 1.165) is 24.3 Å². The van der Waals surface area contributed by atoms with Crippen molar-refractivity contribution in [1.29, 1.82) is 0 Å². The second kappa shape index (κ2) is 8.25. The number of aromatic nitrogens is 3. The van der Waals surface area contributed by atoms with Crippen LogP contribution >= 0.6 is 11.6 Å². The fourth-order valence-corrected chi connectivity index (χ4v) is 3.84. The number of rotatable bonds is 5. The van der Waals surface area contributed by atoms with Crippen LogP contribution in [-0.2, 0) is 6.54 Å². The first-order valence-corrected chi connectivity index (χ1v) is 10.2. The number of para-hydroxylation sites is 1. The summed E-state index contributed by atoms with van der Waals surface area (Å²) in [4.78, 5) is 21.4. The minimum absolute atomic E-state index is 0.193. The monoisotopic (exact) mass is 409 g/mol. The normalized spacial score (nSPS) is 13.7. The van der Waals surface area contributed by atoms with Crippen molar-refractivity contribution < 1.29 is 4.79 Å². The highest BCUT2D eigenvalue weighted by atomic mass is 35.5. The number of benzene rings is 2. The van der Waals surface area contributed by atoms with Crippen LogP contribution in [0.15, 0.2) is 48.5 Å². The van der Waals surface area contributed by atoms with Crippen molar-refractivity contribution in [2.45, 2.75) is 26.3 Å². The van der Waals surface area contributed by atoms with Gasteiger partial charge in [0.2, 0.25) is 5.82 Å². The van der Waals surface area contributed by atoms with Gasteiger partial charge in [0.25, 0.3) is 5.91 Å². The predicted octanol–water partition coefficient (Wildman–Crippen LogP) is 4.10. The maximum Gasteiger partial charge on any atom is 0.293 e. The van der Waals surface area contributed by atoms with Crippen molar-refractivity contribution in [2.75, 3.05) is 25.0 Å². The molecule has 1 fully saturated rings. The van der Waals surface area contributed by atoms with Crippen LogP contribution < -0.4 is 4.90 Å². The molecule has 2 aromatic carbocycles. The van der Waals surface area contributed by atoms with E-state index in [1.165, 1.54) is 18.5 Å². The van der Waals surface area contributed by atoms with Crippen molar-refractivity contribution in [2.24, 2.45) is 0 Å². The average molecular weight is 410 g/mol. The topological polar surface area (TPSA) is 54.3 Å². The second-order valence-corrected chi connectivity index (χ2v) is 7.79. The van der Waals surface area contributed by atoms with Gasteiger partial charge in [-0.3, -0.25) is 4.79 Å². The molecule has 0 N–H and O–H groups in total. The number of carbonyl (C=O) groups excluding carboxylic acids is 1. The molecule has 0 radical (unpaired) electrons. The van der Waals surface area contributed by atoms with Crippen LogP contribution in [-0.4, -0.2) is 45.7 Å². The first kappa shape index (κ1) is 19.5. The van der Waals surface area contributed by atoms with Crippen LogP contribution in [0.4, 0.5) is 5.69 Å². The Labute approximate surface area is 175 Å². The standard InChI is InChI=1S/C22H24ClN5O/c1-16-24-21(25-28(16)19-11-9-18(23)10-12-19)22(29)26(2)15-17-7-3-4-8-20(17)27-13-5-6-14-27/h3-4,7-12H,5-6,13-15H2,1-2H3. The minimum Gasteiger partial charge on any atom is -0.371 e. The van der Waals surface area contributed by atoms with E-state index in [9.17, 15) is 4.79 Å². The number of amides is 1. The Kier molecular flexibility index (Phi) is 5.53. The quantitative estimate of drug-likeness (QED) is 0.636. The van der Waals surface area contributed by atoms with Gasteiger partial charge in [-0.2, -0.15) is 0 Å². The fraction of sp³-hybridized carbons (Fsp3) is 0.318. The summed E-state index contributed by atoms with van der Waals surface area (Å²) in [5, 5.41) is 5.09. The van der Waals surface area contributed by atoms with E-state index in [1.807, 2.05) is 25.1 Å². The third-order valence-electron chi connectivity index (χ3n) is 5.22. The molecule has 3 aromatic rings. The summed E-state index contributed by atoms with van der Waals surface area (Å²) >= 11 is 5.96. The molecule has 4 rings (SSSR count). The van der Waals surface area contributed by atoms with Crippen molar-refractivity contribution >= 4 is 23.2 Å². The van der Waals surface area contributed by atoms with Crippen LogP contribution in [0.2, 0.25) is 5.02 Å². The van der Waals surface area contributed by atoms with Gasteiger partial charge in [0.15, 0.2) is 0 Å². The van der Waals surface area contributed by atoms with E-state index < -0.39 is 0 Å². The lowest BCUT2D eigenvalue weighted by Gasteiger charge is -2.24. The van der Waals surface area contributed by atoms with E-state index in [0.29, 0.717) is 17.4 Å². The summed E-state index contributed by atoms with van der Waals surface area (Å²) in [5.41, 5.74) is 3.17. The summed E-state index contributed by atoms with van der Waals surface area (Å²) in [5.74, 6) is 0.650. The largest absolute Gasteiger partial charge is 0.371 e. The number of nitrogens with zero attached hydrogens (tertiary/aromatic N) is 5. The van der Waals surface area contributed by atoms with E-state index >= 15 is 0 Å². The van der Waals surface area contributed by atoms with Gasteiger partial charge in [-0.15, -0.1) is 5.10 Å². The van der Waals surface area contributed by atoms with Gasteiger partial charge in [0.05, 0.1) is 5.69 Å². The molecule has 0 unspecified atom stereocenters. The molecule has 1 aliphatic heterocycles. The maximum absolute atomic E-state index is 13.0. The molecular formula is C22H24ClN5O. The molecule has 1 aliphatic rings. The van der Waals surface area contributed by atoms with E-state index in [4.69, 9.17) is 11.6 Å². The van der Waals surface area contributed by atoms with Crippen molar-refractivity contribution in [3.05, 3.63) is 70.8 Å². The highest BCUT2D eigenvalue weighted by molar-refractivity contribution is 6.30. The molecule has 6 nitrogen and oxygen atoms in total. The highest BCUT2D eigenvalue weighted by Gasteiger charge is 2.21. The van der Waals surface area contributed by atoms with Crippen molar-refractivity contribution in [1.82, 2.24) is 19.7 Å². The number of halogens is 1. The Balaban J connectivity index is 1.53. The Hall–Kier alpha value is -2.86. The third kappa shape index (κ3) is 4.12. The Morgan fingerprint density at radius 2 is 1.79 bits per heavy atom. The fourth-order valence-electron chi connectivity index (χ4n) is 3.72. The zero-order valence-corrected chi connectivity index (χ0v) is 17.4. The van der Waals surface area contributed by atoms with Gasteiger partial charge in [-0.25, -0.2) is 9.67 Å². The van der Waals surface area contributed by atoms with Gasteiger partial charge in [-0.05, 0) is 55.7 Å². The van der Waals surface area contributed by atoms with Crippen molar-refractivity contribution in [3.63, 3.8) is 0 Å². The van der Waals surface area contributed by atoms with Crippen LogP contribution in [0.1, 0.15) is 34.8 Å². The summed E-state index contributed by atoms with van der Waals surface area (Å²) in [6.07, 6.45) is 2.43. The van der Waals surface area contributed by atoms with Crippen LogP contribution in [0.5, 0.6) is 0 Å². The molecule has 0 saturated carbocycles. The van der Waals surface area contributed by atoms with Gasteiger partial charge in [0, 0.05) is 37.4 Å². The van der Waals surface area contributed by atoms with Gasteiger partial charge < -0.3 is 9.80 Å². The number of hydrogen-bond donors (Lipinski definition) is 0. The molecule has 29 heavy (non-hydrogen) atoms. The first-order valence-electron chi connectivity index (χ1n) is 9.81. The molecule has 2 heterocycles. The zero-order valence-electron chi connectivity index (χ0n) is 16.7. The smallest absolute Gasteiger partial charge is 0.293 e. The van der Waals surface area contributed by atoms with Crippen molar-refractivity contribution in [3.8, 4) is 5.69 Å². The molecule has 0 spiro atoms. The van der Waals surface area contributed by atoms with Gasteiger partial charge in [0.1, 0.15) is 5.82 Å². The molecule has 1 saturated heterocycles. The molecule has 7 heteroatoms. The molecule has 0 bridgehead atoms. The third-order valence-corrected chi connectivity index (χ3v) is 5.48. The summed E-state index contributed by atoms with van der Waals surface area (Å²) < 4.78 is 1.66. The van der Waals surface area contributed by atoms with E-state index in [1.54, 1.807) is 28.8 Å². The molecule has 1 aromatic heterocycles. The zero-order chi connectivity index (χ0) is 20.4. The second-order valence-electron chi connectivity index (χ2n) is 7.35. The highest BCUT2D eigenvalue weighted by Crippen LogP contribution is 2.25. The Morgan fingerprint density at radius 1 is 1.10 bits per heavy atom. The molecule has 0 atom stereocenters. The maximum atomic E-state index is 13.0. The van der Waals surface area contributed by atoms with Gasteiger partial charge >= 0.3 is 0 Å². The van der Waals surface area contributed by atoms with E-state index in [2.05, 4.69) is 33.2 Å². The average Bonchev–Trinajstić information content (AvgIpc) is 3.38. The molecule has 0 aliphatic carbocycles. The molecule has 150 valence electrons. The van der Waals surface area contributed by atoms with Crippen LogP contribution in [0.25, 0.3) is 5.69 Å². The predicted molar refractivity (Wildman–Crippen MR) is 115 cm³/mol. The first-order chi connectivity index (χ1) is 14.0. The number of anilines is 1. The van der Waals surface area contributed by atoms with Gasteiger partial charge in [-0.1, -0.05) is 29.8 Å². The molecule has 1 amide bonds. The summed E-state index contributed by atoms with van der Waals surface area (Å²) in [7, 11) is 1.79. The number of hydrogen-bond acceptors (Lipinski definition) is 4. The molecular weight excluding hydrogens is 386 g/mol. The lowest BCUT2D eigenvalue weighted by Crippen LogP contribution is -2.29. The Bertz CT molecular complexity index is 1010. The SMILES string of the molecule is Cc1nc(C(=O)N(C)Cc2ccccc2N2CCCC2)nn1-c1ccc(Cl)cc1. The minimum atomic E-state index is -0.197. The van der Waals surface area contributed by atoms with E-state index in [-0.39, 0.29) is 11.7 Å². The summed E-state index contributed by atoms with van der Waals surface area (Å²) in [6.45, 7) is 4.49. The van der Waals surface area contributed by atoms with Crippen LogP contribution in [0.3, 0.4) is 0 Å². The lowest BCUT2D eigenvalue weighted by atomic mass is 10.1. The number of carbonyl (C=O) groups is 1. The Morgan fingerprint density at radius 3 is 2.52 bits per heavy atom. The summed E-state index contributed by atoms with van der Waals surface area (Å²) in [6, 6.07) is 15.6. The van der Waals surface area contributed by atoms with Crippen LogP contribution in [0, 0.1) is 6.92 Å². The number of aryl methyl sites for hydroxylation is 1.